The summed E-state index contributed by atoms with van der Waals surface area (Å²) in [6.45, 7) is 2.93. The lowest BCUT2D eigenvalue weighted by Gasteiger charge is -2.33. The van der Waals surface area contributed by atoms with E-state index in [1.165, 1.54) is 24.2 Å². The van der Waals surface area contributed by atoms with Gasteiger partial charge in [0, 0.05) is 19.6 Å². The Hall–Kier alpha value is -1.89. The molecule has 0 spiro atoms. The van der Waals surface area contributed by atoms with E-state index in [2.05, 4.69) is 17.1 Å². The number of thioether (sulfide) groups is 1. The highest BCUT2D eigenvalue weighted by Crippen LogP contribution is 2.25. The molecule has 128 valence electrons. The summed E-state index contributed by atoms with van der Waals surface area (Å²) in [6, 6.07) is 6.79. The number of carbonyl (C=O) groups is 1. The molecule has 1 fully saturated rings. The van der Waals surface area contributed by atoms with Gasteiger partial charge in [-0.3, -0.25) is 4.79 Å². The molecule has 0 N–H and O–H groups in total. The molecule has 24 heavy (non-hydrogen) atoms. The lowest BCUT2D eigenvalue weighted by Crippen LogP contribution is -2.42. The Balaban J connectivity index is 1.69. The van der Waals surface area contributed by atoms with Crippen molar-refractivity contribution < 1.29 is 9.18 Å². The van der Waals surface area contributed by atoms with Crippen molar-refractivity contribution in [1.82, 2.24) is 19.7 Å². The highest BCUT2D eigenvalue weighted by Gasteiger charge is 2.24. The van der Waals surface area contributed by atoms with Crippen LogP contribution in [0.5, 0.6) is 0 Å². The fourth-order valence-corrected chi connectivity index (χ4v) is 3.79. The summed E-state index contributed by atoms with van der Waals surface area (Å²) in [6.07, 6.45) is 3.33. The Bertz CT molecular complexity index is 733. The fraction of sp³-hybridized carbons (Fsp3) is 0.471. The number of amides is 1. The van der Waals surface area contributed by atoms with E-state index in [-0.39, 0.29) is 11.7 Å². The number of carbonyl (C=O) groups excluding carboxylic acids is 1. The molecule has 5 nitrogen and oxygen atoms in total. The molecule has 0 radical (unpaired) electrons. The maximum absolute atomic E-state index is 13.9. The van der Waals surface area contributed by atoms with Gasteiger partial charge in [0.25, 0.3) is 0 Å². The molecule has 0 bridgehead atoms. The summed E-state index contributed by atoms with van der Waals surface area (Å²) in [5.41, 5.74) is 0.412. The van der Waals surface area contributed by atoms with Crippen LogP contribution in [0.3, 0.4) is 0 Å². The van der Waals surface area contributed by atoms with E-state index in [0.717, 1.165) is 19.4 Å². The second kappa shape index (κ2) is 7.34. The SMILES string of the molecule is C[C@H]1CCCCN1C(=O)CSc1nnc(-c2ccccc2F)n1C. The Morgan fingerprint density at radius 2 is 2.12 bits per heavy atom. The van der Waals surface area contributed by atoms with Crippen LogP contribution < -0.4 is 0 Å². The zero-order chi connectivity index (χ0) is 17.1. The van der Waals surface area contributed by atoms with Crippen molar-refractivity contribution >= 4 is 17.7 Å². The van der Waals surface area contributed by atoms with Crippen molar-refractivity contribution in [2.24, 2.45) is 7.05 Å². The number of halogens is 1. The molecule has 1 amide bonds. The number of likely N-dealkylation sites (tertiary alicyclic amines) is 1. The van der Waals surface area contributed by atoms with Gasteiger partial charge in [0.05, 0.1) is 11.3 Å². The molecule has 1 saturated heterocycles. The summed E-state index contributed by atoms with van der Waals surface area (Å²) in [5, 5.41) is 8.80. The zero-order valence-electron chi connectivity index (χ0n) is 13.9. The van der Waals surface area contributed by atoms with Crippen molar-refractivity contribution in [3.8, 4) is 11.4 Å². The van der Waals surface area contributed by atoms with Crippen molar-refractivity contribution in [1.29, 1.82) is 0 Å². The average molecular weight is 348 g/mol. The Kier molecular flexibility index (Phi) is 5.18. The third kappa shape index (κ3) is 3.45. The second-order valence-electron chi connectivity index (χ2n) is 6.07. The van der Waals surface area contributed by atoms with Crippen molar-refractivity contribution in [2.75, 3.05) is 12.3 Å². The molecule has 1 aliphatic rings. The average Bonchev–Trinajstić information content (AvgIpc) is 2.94. The van der Waals surface area contributed by atoms with Crippen LogP contribution >= 0.6 is 11.8 Å². The van der Waals surface area contributed by atoms with Crippen LogP contribution in [-0.2, 0) is 11.8 Å². The zero-order valence-corrected chi connectivity index (χ0v) is 14.7. The van der Waals surface area contributed by atoms with Crippen LogP contribution in [0.1, 0.15) is 26.2 Å². The molecule has 7 heteroatoms. The first-order valence-electron chi connectivity index (χ1n) is 8.14. The van der Waals surface area contributed by atoms with Gasteiger partial charge in [0.1, 0.15) is 5.82 Å². The maximum Gasteiger partial charge on any atom is 0.233 e. The lowest BCUT2D eigenvalue weighted by molar-refractivity contribution is -0.131. The molecular weight excluding hydrogens is 327 g/mol. The minimum absolute atomic E-state index is 0.127. The number of benzene rings is 1. The quantitative estimate of drug-likeness (QED) is 0.797. The third-order valence-electron chi connectivity index (χ3n) is 4.40. The fourth-order valence-electron chi connectivity index (χ4n) is 3.00. The molecule has 0 aliphatic carbocycles. The van der Waals surface area contributed by atoms with Gasteiger partial charge in [-0.2, -0.15) is 0 Å². The first-order chi connectivity index (χ1) is 11.6. The highest BCUT2D eigenvalue weighted by molar-refractivity contribution is 7.99. The summed E-state index contributed by atoms with van der Waals surface area (Å²) in [5.74, 6) is 0.591. The smallest absolute Gasteiger partial charge is 0.233 e. The number of rotatable bonds is 4. The molecule has 2 heterocycles. The summed E-state index contributed by atoms with van der Waals surface area (Å²) in [7, 11) is 1.79. The van der Waals surface area contributed by atoms with Crippen LogP contribution in [0, 0.1) is 5.82 Å². The van der Waals surface area contributed by atoms with Gasteiger partial charge < -0.3 is 9.47 Å². The van der Waals surface area contributed by atoms with E-state index in [1.54, 1.807) is 29.8 Å². The second-order valence-corrected chi connectivity index (χ2v) is 7.01. The maximum atomic E-state index is 13.9. The molecule has 1 aromatic carbocycles. The highest BCUT2D eigenvalue weighted by atomic mass is 32.2. The monoisotopic (exact) mass is 348 g/mol. The molecule has 0 saturated carbocycles. The topological polar surface area (TPSA) is 51.0 Å². The standard InChI is InChI=1S/C17H21FN4OS/c1-12-7-5-6-10-22(12)15(23)11-24-17-20-19-16(21(17)2)13-8-3-4-9-14(13)18/h3-4,8-9,12H,5-7,10-11H2,1-2H3/t12-/m0/s1. The van der Waals surface area contributed by atoms with E-state index in [1.807, 2.05) is 4.90 Å². The minimum atomic E-state index is -0.331. The van der Waals surface area contributed by atoms with Gasteiger partial charge in [-0.1, -0.05) is 23.9 Å². The van der Waals surface area contributed by atoms with E-state index in [0.29, 0.717) is 28.3 Å². The Morgan fingerprint density at radius 1 is 1.33 bits per heavy atom. The first kappa shape index (κ1) is 17.0. The van der Waals surface area contributed by atoms with Gasteiger partial charge in [0.15, 0.2) is 11.0 Å². The molecule has 1 aromatic heterocycles. The van der Waals surface area contributed by atoms with Crippen LogP contribution in [0.15, 0.2) is 29.4 Å². The molecule has 3 rings (SSSR count). The molecular formula is C17H21FN4OS. The number of nitrogens with zero attached hydrogens (tertiary/aromatic N) is 4. The number of hydrogen-bond donors (Lipinski definition) is 0. The molecule has 0 unspecified atom stereocenters. The van der Waals surface area contributed by atoms with Crippen molar-refractivity contribution in [3.63, 3.8) is 0 Å². The Labute approximate surface area is 145 Å². The third-order valence-corrected chi connectivity index (χ3v) is 5.40. The van der Waals surface area contributed by atoms with Gasteiger partial charge in [-0.25, -0.2) is 4.39 Å². The van der Waals surface area contributed by atoms with Crippen LogP contribution in [0.2, 0.25) is 0 Å². The Morgan fingerprint density at radius 3 is 2.88 bits per heavy atom. The van der Waals surface area contributed by atoms with E-state index < -0.39 is 0 Å². The molecule has 1 atom stereocenters. The number of piperidine rings is 1. The van der Waals surface area contributed by atoms with E-state index in [4.69, 9.17) is 0 Å². The normalized spacial score (nSPS) is 18.0. The van der Waals surface area contributed by atoms with E-state index in [9.17, 15) is 9.18 Å². The molecule has 2 aromatic rings. The molecule has 1 aliphatic heterocycles. The van der Waals surface area contributed by atoms with Crippen molar-refractivity contribution in [2.45, 2.75) is 37.4 Å². The minimum Gasteiger partial charge on any atom is -0.339 e. The van der Waals surface area contributed by atoms with Gasteiger partial charge >= 0.3 is 0 Å². The lowest BCUT2D eigenvalue weighted by atomic mass is 10.0. The van der Waals surface area contributed by atoms with Gasteiger partial charge in [-0.05, 0) is 38.3 Å². The van der Waals surface area contributed by atoms with Crippen LogP contribution in [0.4, 0.5) is 4.39 Å². The van der Waals surface area contributed by atoms with Crippen LogP contribution in [-0.4, -0.2) is 43.9 Å². The summed E-state index contributed by atoms with van der Waals surface area (Å²) >= 11 is 1.35. The van der Waals surface area contributed by atoms with Crippen LogP contribution in [0.25, 0.3) is 11.4 Å². The predicted molar refractivity (Wildman–Crippen MR) is 92.1 cm³/mol. The number of hydrogen-bond acceptors (Lipinski definition) is 4. The van der Waals surface area contributed by atoms with Gasteiger partial charge in [-0.15, -0.1) is 10.2 Å². The summed E-state index contributed by atoms with van der Waals surface area (Å²) < 4.78 is 15.6. The van der Waals surface area contributed by atoms with E-state index >= 15 is 0 Å². The van der Waals surface area contributed by atoms with Crippen molar-refractivity contribution in [3.05, 3.63) is 30.1 Å². The largest absolute Gasteiger partial charge is 0.339 e. The summed E-state index contributed by atoms with van der Waals surface area (Å²) in [4.78, 5) is 14.4. The van der Waals surface area contributed by atoms with Gasteiger partial charge in [0.2, 0.25) is 5.91 Å². The predicted octanol–water partition coefficient (Wildman–Crippen LogP) is 3.11. The number of aromatic nitrogens is 3. The first-order valence-corrected chi connectivity index (χ1v) is 9.13.